The van der Waals surface area contributed by atoms with Crippen molar-refractivity contribution in [3.8, 4) is 0 Å². The number of aromatic nitrogens is 1. The number of hydrogen-bond donors (Lipinski definition) is 3. The van der Waals surface area contributed by atoms with E-state index in [1.165, 1.54) is 0 Å². The molecule has 1 unspecified atom stereocenters. The van der Waals surface area contributed by atoms with Crippen LogP contribution < -0.4 is 11.1 Å². The summed E-state index contributed by atoms with van der Waals surface area (Å²) in [4.78, 5) is 63.1. The van der Waals surface area contributed by atoms with E-state index in [0.717, 1.165) is 67.6 Å². The number of likely N-dealkylation sites (tertiary alicyclic amines) is 3. The lowest BCUT2D eigenvalue weighted by molar-refractivity contribution is -0.142. The van der Waals surface area contributed by atoms with E-state index in [9.17, 15) is 24.3 Å². The molecule has 0 bridgehead atoms. The molecule has 262 valence electrons. The Kier molecular flexibility index (Phi) is 9.64. The van der Waals surface area contributed by atoms with Gasteiger partial charge < -0.3 is 39.2 Å². The number of H-pyrrole nitrogens is 1. The van der Waals surface area contributed by atoms with Crippen LogP contribution in [-0.4, -0.2) is 118 Å². The number of hydrogen-bond acceptors (Lipinski definition) is 8. The Hall–Kier alpha value is -4.36. The third-order valence-corrected chi connectivity index (χ3v) is 10.8. The van der Waals surface area contributed by atoms with Crippen molar-refractivity contribution in [2.45, 2.75) is 82.6 Å². The molecule has 2 aromatic carbocycles. The summed E-state index contributed by atoms with van der Waals surface area (Å²) >= 11 is 0. The predicted molar refractivity (Wildman–Crippen MR) is 182 cm³/mol. The molecule has 13 nitrogen and oxygen atoms in total. The van der Waals surface area contributed by atoms with Crippen molar-refractivity contribution in [1.29, 1.82) is 0 Å². The number of fused-ring (bicyclic) bond motifs is 2. The van der Waals surface area contributed by atoms with Crippen LogP contribution in [0.15, 0.2) is 45.6 Å². The molecular formula is C36H46N6O7. The van der Waals surface area contributed by atoms with E-state index in [1.807, 2.05) is 42.2 Å². The zero-order chi connectivity index (χ0) is 34.1. The van der Waals surface area contributed by atoms with Crippen molar-refractivity contribution in [2.75, 3.05) is 51.1 Å². The van der Waals surface area contributed by atoms with Gasteiger partial charge in [-0.3, -0.25) is 9.78 Å². The van der Waals surface area contributed by atoms with Gasteiger partial charge in [-0.15, -0.1) is 0 Å². The summed E-state index contributed by atoms with van der Waals surface area (Å²) in [6, 6.07) is 11.7. The molecule has 5 heterocycles. The second-order valence-electron chi connectivity index (χ2n) is 13.9. The number of para-hydroxylation sites is 1. The van der Waals surface area contributed by atoms with Crippen molar-refractivity contribution in [3.05, 3.63) is 63.6 Å². The SMILES string of the molecule is Cc1cc(CC(OC(=O)N2CCC(N3CCc4ccccc4NC3=O)CC2)C(=O)N2CCC(N3CCC(O)CC3)CC2)cc2oc(=O)[nH]c12. The van der Waals surface area contributed by atoms with Gasteiger partial charge >= 0.3 is 17.9 Å². The maximum Gasteiger partial charge on any atom is 0.417 e. The van der Waals surface area contributed by atoms with Gasteiger partial charge in [-0.05, 0) is 80.7 Å². The number of nitrogens with one attached hydrogen (secondary N) is 2. The normalized spacial score (nSPS) is 20.9. The van der Waals surface area contributed by atoms with Gasteiger partial charge in [0.1, 0.15) is 0 Å². The first-order valence-electron chi connectivity index (χ1n) is 17.7. The van der Waals surface area contributed by atoms with Crippen LogP contribution in [0, 0.1) is 6.92 Å². The number of carbonyl (C=O) groups excluding carboxylic acids is 3. The fourth-order valence-corrected chi connectivity index (χ4v) is 8.01. The van der Waals surface area contributed by atoms with Gasteiger partial charge in [0.2, 0.25) is 0 Å². The molecule has 3 fully saturated rings. The highest BCUT2D eigenvalue weighted by atomic mass is 16.6. The smallest absolute Gasteiger partial charge is 0.417 e. The van der Waals surface area contributed by atoms with E-state index in [4.69, 9.17) is 9.15 Å². The fourth-order valence-electron chi connectivity index (χ4n) is 8.01. The van der Waals surface area contributed by atoms with Gasteiger partial charge in [0.05, 0.1) is 11.6 Å². The van der Waals surface area contributed by atoms with Crippen LogP contribution in [-0.2, 0) is 22.4 Å². The predicted octanol–water partition coefficient (Wildman–Crippen LogP) is 3.48. The number of oxazole rings is 1. The second kappa shape index (κ2) is 14.2. The number of nitrogens with zero attached hydrogens (tertiary/aromatic N) is 4. The molecule has 1 aromatic heterocycles. The molecule has 0 saturated carbocycles. The van der Waals surface area contributed by atoms with Crippen LogP contribution in [0.25, 0.3) is 11.1 Å². The van der Waals surface area contributed by atoms with Crippen molar-refractivity contribution in [3.63, 3.8) is 0 Å². The minimum atomic E-state index is -1.05. The average Bonchev–Trinajstić information content (AvgIpc) is 3.40. The van der Waals surface area contributed by atoms with E-state index in [2.05, 4.69) is 15.2 Å². The number of rotatable bonds is 6. The zero-order valence-electron chi connectivity index (χ0n) is 28.1. The monoisotopic (exact) mass is 674 g/mol. The number of aryl methyl sites for hydroxylation is 1. The highest BCUT2D eigenvalue weighted by Gasteiger charge is 2.36. The van der Waals surface area contributed by atoms with Gasteiger partial charge in [0, 0.05) is 70.0 Å². The molecule has 0 radical (unpaired) electrons. The molecular weight excluding hydrogens is 628 g/mol. The number of piperidine rings is 3. The summed E-state index contributed by atoms with van der Waals surface area (Å²) in [5.74, 6) is -0.782. The van der Waals surface area contributed by atoms with Crippen molar-refractivity contribution in [2.24, 2.45) is 0 Å². The lowest BCUT2D eigenvalue weighted by Crippen LogP contribution is -2.53. The molecule has 3 N–H and O–H groups in total. The van der Waals surface area contributed by atoms with E-state index >= 15 is 0 Å². The molecule has 3 saturated heterocycles. The van der Waals surface area contributed by atoms with Gasteiger partial charge in [0.15, 0.2) is 11.7 Å². The summed E-state index contributed by atoms with van der Waals surface area (Å²) in [6.07, 6.45) is 3.51. The Bertz CT molecular complexity index is 1730. The quantitative estimate of drug-likeness (QED) is 0.360. The average molecular weight is 675 g/mol. The Balaban J connectivity index is 1.01. The molecule has 13 heteroatoms. The summed E-state index contributed by atoms with van der Waals surface area (Å²) in [5, 5.41) is 13.0. The summed E-state index contributed by atoms with van der Waals surface area (Å²) in [7, 11) is 0. The first-order chi connectivity index (χ1) is 23.7. The molecule has 49 heavy (non-hydrogen) atoms. The number of anilines is 1. The third-order valence-electron chi connectivity index (χ3n) is 10.8. The molecule has 3 aromatic rings. The van der Waals surface area contributed by atoms with Crippen molar-refractivity contribution in [1.82, 2.24) is 24.6 Å². The highest BCUT2D eigenvalue weighted by molar-refractivity contribution is 5.91. The molecule has 0 aliphatic carbocycles. The van der Waals surface area contributed by atoms with Crippen LogP contribution in [0.3, 0.4) is 0 Å². The standard InChI is InChI=1S/C36H46N6O7/c1-23-20-24(21-30-32(23)38-35(46)48-30)22-31(33(44)40-13-7-26(8-14-40)39-17-11-28(43)12-18-39)49-36(47)41-15-9-27(10-16-41)42-19-6-25-4-2-3-5-29(25)37-34(42)45/h2-5,20-21,26-28,31,43H,6-19,22H2,1H3,(H,37,45)(H,38,46). The van der Waals surface area contributed by atoms with Crippen LogP contribution in [0.2, 0.25) is 0 Å². The molecule has 7 rings (SSSR count). The van der Waals surface area contributed by atoms with Gasteiger partial charge in [-0.2, -0.15) is 0 Å². The van der Waals surface area contributed by atoms with Gasteiger partial charge in [-0.1, -0.05) is 24.3 Å². The summed E-state index contributed by atoms with van der Waals surface area (Å²) < 4.78 is 11.4. The number of aliphatic hydroxyl groups is 1. The van der Waals surface area contributed by atoms with E-state index < -0.39 is 18.0 Å². The maximum absolute atomic E-state index is 14.1. The molecule has 1 atom stereocenters. The van der Waals surface area contributed by atoms with Crippen LogP contribution in [0.4, 0.5) is 15.3 Å². The molecule has 4 aliphatic rings. The van der Waals surface area contributed by atoms with Gasteiger partial charge in [0.25, 0.3) is 5.91 Å². The number of aliphatic hydroxyl groups excluding tert-OH is 1. The molecule has 4 aliphatic heterocycles. The number of urea groups is 1. The third kappa shape index (κ3) is 7.32. The van der Waals surface area contributed by atoms with E-state index in [-0.39, 0.29) is 30.5 Å². The summed E-state index contributed by atoms with van der Waals surface area (Å²) in [6.45, 7) is 6.15. The van der Waals surface area contributed by atoms with Gasteiger partial charge in [-0.25, -0.2) is 14.4 Å². The van der Waals surface area contributed by atoms with E-state index in [1.54, 1.807) is 15.9 Å². The Morgan fingerprint density at radius 2 is 1.61 bits per heavy atom. The number of ether oxygens (including phenoxy) is 1. The number of aromatic amines is 1. The van der Waals surface area contributed by atoms with Crippen LogP contribution in [0.5, 0.6) is 0 Å². The first kappa shape index (κ1) is 33.2. The Morgan fingerprint density at radius 3 is 2.37 bits per heavy atom. The number of amides is 4. The summed E-state index contributed by atoms with van der Waals surface area (Å²) in [5.41, 5.74) is 4.48. The topological polar surface area (TPSA) is 152 Å². The van der Waals surface area contributed by atoms with Crippen molar-refractivity contribution >= 4 is 34.8 Å². The Labute approximate surface area is 285 Å². The van der Waals surface area contributed by atoms with E-state index in [0.29, 0.717) is 62.7 Å². The minimum absolute atomic E-state index is 0.00837. The maximum atomic E-state index is 14.1. The lowest BCUT2D eigenvalue weighted by atomic mass is 9.98. The number of carbonyl (C=O) groups is 3. The van der Waals surface area contributed by atoms with Crippen LogP contribution >= 0.6 is 0 Å². The lowest BCUT2D eigenvalue weighted by Gasteiger charge is -2.41. The highest BCUT2D eigenvalue weighted by Crippen LogP contribution is 2.27. The molecule has 0 spiro atoms. The zero-order valence-corrected chi connectivity index (χ0v) is 28.1. The van der Waals surface area contributed by atoms with Crippen molar-refractivity contribution < 1.29 is 28.6 Å². The largest absolute Gasteiger partial charge is 0.436 e. The Morgan fingerprint density at radius 1 is 0.918 bits per heavy atom. The minimum Gasteiger partial charge on any atom is -0.436 e. The fraction of sp³-hybridized carbons (Fsp3) is 0.556. The second-order valence-corrected chi connectivity index (χ2v) is 13.9. The first-order valence-corrected chi connectivity index (χ1v) is 17.7. The van der Waals surface area contributed by atoms with Crippen LogP contribution in [0.1, 0.15) is 55.2 Å². The number of benzene rings is 2. The molecule has 4 amide bonds.